The minimum absolute atomic E-state index is 0.0628. The smallest absolute Gasteiger partial charge is 0.236 e. The van der Waals surface area contributed by atoms with Crippen LogP contribution in [-0.4, -0.2) is 36.8 Å². The molecule has 1 atom stereocenters. The van der Waals surface area contributed by atoms with Gasteiger partial charge in [0.05, 0.1) is 6.04 Å². The number of aliphatic hydroxyl groups is 1. The van der Waals surface area contributed by atoms with Gasteiger partial charge >= 0.3 is 0 Å². The lowest BCUT2D eigenvalue weighted by Crippen LogP contribution is -2.42. The molecule has 1 amide bonds. The van der Waals surface area contributed by atoms with Crippen LogP contribution in [0.5, 0.6) is 0 Å². The van der Waals surface area contributed by atoms with Gasteiger partial charge in [0.15, 0.2) is 0 Å². The minimum Gasteiger partial charge on any atom is -0.396 e. The summed E-state index contributed by atoms with van der Waals surface area (Å²) in [5.41, 5.74) is 0. The van der Waals surface area contributed by atoms with Gasteiger partial charge < -0.3 is 15.7 Å². The molecule has 0 spiro atoms. The van der Waals surface area contributed by atoms with E-state index in [9.17, 15) is 4.79 Å². The van der Waals surface area contributed by atoms with Gasteiger partial charge in [0.25, 0.3) is 0 Å². The fraction of sp³-hybridized carbons (Fsp3) is 0.909. The molecule has 0 radical (unpaired) electrons. The van der Waals surface area contributed by atoms with Gasteiger partial charge in [-0.3, -0.25) is 4.79 Å². The summed E-state index contributed by atoms with van der Waals surface area (Å²) in [6.07, 6.45) is 4.11. The van der Waals surface area contributed by atoms with Crippen molar-refractivity contribution < 1.29 is 9.90 Å². The molecule has 4 heteroatoms. The second kappa shape index (κ2) is 9.93. The number of nitrogens with one attached hydrogen (secondary N) is 2. The Morgan fingerprint density at radius 3 is 2.53 bits per heavy atom. The molecule has 1 unspecified atom stereocenters. The molecule has 0 aliphatic carbocycles. The lowest BCUT2D eigenvalue weighted by molar-refractivity contribution is -0.122. The molecule has 0 aliphatic heterocycles. The van der Waals surface area contributed by atoms with Crippen molar-refractivity contribution in [3.05, 3.63) is 0 Å². The van der Waals surface area contributed by atoms with Crippen molar-refractivity contribution in [1.82, 2.24) is 10.6 Å². The second-order valence-corrected chi connectivity index (χ2v) is 3.71. The molecule has 0 saturated carbocycles. The number of amides is 1. The molecule has 0 bridgehead atoms. The standard InChI is InChI=1S/C11H24N2O2/c1-3-12-11(15)10(2)13-8-6-4-5-7-9-14/h10,13-14H,3-9H2,1-2H3,(H,12,15). The number of aliphatic hydroxyl groups excluding tert-OH is 1. The Morgan fingerprint density at radius 1 is 1.27 bits per heavy atom. The first-order chi connectivity index (χ1) is 7.22. The summed E-state index contributed by atoms with van der Waals surface area (Å²) in [6.45, 7) is 5.62. The third-order valence-corrected chi connectivity index (χ3v) is 2.28. The van der Waals surface area contributed by atoms with Gasteiger partial charge in [-0.05, 0) is 33.2 Å². The molecular formula is C11H24N2O2. The Kier molecular flexibility index (Phi) is 9.52. The highest BCUT2D eigenvalue weighted by atomic mass is 16.2. The largest absolute Gasteiger partial charge is 0.396 e. The first-order valence-corrected chi connectivity index (χ1v) is 5.84. The third kappa shape index (κ3) is 8.39. The summed E-state index contributed by atoms with van der Waals surface area (Å²) in [6, 6.07) is -0.109. The van der Waals surface area contributed by atoms with Crippen LogP contribution < -0.4 is 10.6 Å². The number of unbranched alkanes of at least 4 members (excludes halogenated alkanes) is 3. The van der Waals surface area contributed by atoms with Crippen molar-refractivity contribution in [2.24, 2.45) is 0 Å². The molecular weight excluding hydrogens is 192 g/mol. The molecule has 0 rings (SSSR count). The van der Waals surface area contributed by atoms with Gasteiger partial charge in [0, 0.05) is 13.2 Å². The first-order valence-electron chi connectivity index (χ1n) is 5.84. The number of hydrogen-bond donors (Lipinski definition) is 3. The van der Waals surface area contributed by atoms with Crippen LogP contribution >= 0.6 is 0 Å². The number of carbonyl (C=O) groups is 1. The molecule has 0 aliphatic rings. The van der Waals surface area contributed by atoms with Crippen molar-refractivity contribution in [2.75, 3.05) is 19.7 Å². The topological polar surface area (TPSA) is 61.4 Å². The van der Waals surface area contributed by atoms with Crippen molar-refractivity contribution in [2.45, 2.75) is 45.6 Å². The summed E-state index contributed by atoms with van der Waals surface area (Å²) < 4.78 is 0. The van der Waals surface area contributed by atoms with Crippen molar-refractivity contribution in [1.29, 1.82) is 0 Å². The zero-order valence-electron chi connectivity index (χ0n) is 9.88. The number of hydrogen-bond acceptors (Lipinski definition) is 3. The maximum atomic E-state index is 11.3. The quantitative estimate of drug-likeness (QED) is 0.496. The second-order valence-electron chi connectivity index (χ2n) is 3.71. The first kappa shape index (κ1) is 14.4. The van der Waals surface area contributed by atoms with E-state index in [0.29, 0.717) is 6.54 Å². The van der Waals surface area contributed by atoms with E-state index in [1.54, 1.807) is 0 Å². The fourth-order valence-electron chi connectivity index (χ4n) is 1.33. The van der Waals surface area contributed by atoms with E-state index >= 15 is 0 Å². The predicted molar refractivity (Wildman–Crippen MR) is 61.7 cm³/mol. The molecule has 0 aromatic carbocycles. The van der Waals surface area contributed by atoms with Gasteiger partial charge in [-0.15, -0.1) is 0 Å². The lowest BCUT2D eigenvalue weighted by Gasteiger charge is -2.12. The van der Waals surface area contributed by atoms with E-state index in [-0.39, 0.29) is 18.6 Å². The van der Waals surface area contributed by atoms with Crippen molar-refractivity contribution in [3.8, 4) is 0 Å². The number of likely N-dealkylation sites (N-methyl/N-ethyl adjacent to an activating group) is 1. The molecule has 0 aromatic heterocycles. The predicted octanol–water partition coefficient (Wildman–Crippen LogP) is 0.653. The molecule has 0 aromatic rings. The van der Waals surface area contributed by atoms with Gasteiger partial charge in [-0.2, -0.15) is 0 Å². The lowest BCUT2D eigenvalue weighted by atomic mass is 10.2. The van der Waals surface area contributed by atoms with E-state index in [4.69, 9.17) is 5.11 Å². The third-order valence-electron chi connectivity index (χ3n) is 2.28. The summed E-state index contributed by atoms with van der Waals surface area (Å²) in [5, 5.41) is 14.5. The minimum atomic E-state index is -0.109. The molecule has 15 heavy (non-hydrogen) atoms. The Labute approximate surface area is 92.4 Å². The number of carbonyl (C=O) groups excluding carboxylic acids is 1. The van der Waals surface area contributed by atoms with Gasteiger partial charge in [0.1, 0.15) is 0 Å². The molecule has 4 nitrogen and oxygen atoms in total. The van der Waals surface area contributed by atoms with Crippen LogP contribution in [0.25, 0.3) is 0 Å². The summed E-state index contributed by atoms with van der Waals surface area (Å²) >= 11 is 0. The highest BCUT2D eigenvalue weighted by Crippen LogP contribution is 1.97. The zero-order chi connectivity index (χ0) is 11.5. The molecule has 3 N–H and O–H groups in total. The highest BCUT2D eigenvalue weighted by molar-refractivity contribution is 5.81. The average Bonchev–Trinajstić information content (AvgIpc) is 2.23. The summed E-state index contributed by atoms with van der Waals surface area (Å²) in [5.74, 6) is 0.0628. The SMILES string of the molecule is CCNC(=O)C(C)NCCCCCCO. The van der Waals surface area contributed by atoms with E-state index in [1.165, 1.54) is 0 Å². The highest BCUT2D eigenvalue weighted by Gasteiger charge is 2.09. The number of rotatable bonds is 9. The van der Waals surface area contributed by atoms with Crippen LogP contribution in [-0.2, 0) is 4.79 Å². The van der Waals surface area contributed by atoms with Crippen LogP contribution in [0, 0.1) is 0 Å². The van der Waals surface area contributed by atoms with Gasteiger partial charge in [-0.1, -0.05) is 12.8 Å². The Balaban J connectivity index is 3.30. The summed E-state index contributed by atoms with van der Waals surface area (Å²) in [7, 11) is 0. The van der Waals surface area contributed by atoms with Crippen LogP contribution in [0.2, 0.25) is 0 Å². The van der Waals surface area contributed by atoms with Gasteiger partial charge in [0.2, 0.25) is 5.91 Å². The molecule has 0 heterocycles. The van der Waals surface area contributed by atoms with Crippen LogP contribution in [0.15, 0.2) is 0 Å². The average molecular weight is 216 g/mol. The maximum absolute atomic E-state index is 11.3. The molecule has 0 saturated heterocycles. The normalized spacial score (nSPS) is 12.5. The Morgan fingerprint density at radius 2 is 1.93 bits per heavy atom. The van der Waals surface area contributed by atoms with Crippen LogP contribution in [0.4, 0.5) is 0 Å². The Hall–Kier alpha value is -0.610. The van der Waals surface area contributed by atoms with E-state index in [2.05, 4.69) is 10.6 Å². The van der Waals surface area contributed by atoms with Gasteiger partial charge in [-0.25, -0.2) is 0 Å². The van der Waals surface area contributed by atoms with Crippen LogP contribution in [0.3, 0.4) is 0 Å². The van der Waals surface area contributed by atoms with Crippen LogP contribution in [0.1, 0.15) is 39.5 Å². The molecule has 90 valence electrons. The monoisotopic (exact) mass is 216 g/mol. The molecule has 0 fully saturated rings. The fourth-order valence-corrected chi connectivity index (χ4v) is 1.33. The maximum Gasteiger partial charge on any atom is 0.236 e. The van der Waals surface area contributed by atoms with E-state index in [0.717, 1.165) is 32.2 Å². The van der Waals surface area contributed by atoms with Crippen molar-refractivity contribution in [3.63, 3.8) is 0 Å². The summed E-state index contributed by atoms with van der Waals surface area (Å²) in [4.78, 5) is 11.3. The van der Waals surface area contributed by atoms with Crippen molar-refractivity contribution >= 4 is 5.91 Å². The zero-order valence-corrected chi connectivity index (χ0v) is 9.88. The van der Waals surface area contributed by atoms with E-state index < -0.39 is 0 Å². The Bertz CT molecular complexity index is 163. The van der Waals surface area contributed by atoms with E-state index in [1.807, 2.05) is 13.8 Å².